The summed E-state index contributed by atoms with van der Waals surface area (Å²) in [5.74, 6) is 0.0107. The summed E-state index contributed by atoms with van der Waals surface area (Å²) < 4.78 is 0. The van der Waals surface area contributed by atoms with Crippen molar-refractivity contribution in [3.63, 3.8) is 0 Å². The van der Waals surface area contributed by atoms with Gasteiger partial charge in [-0.05, 0) is 12.8 Å². The Morgan fingerprint density at radius 1 is 0.633 bits per heavy atom. The standard InChI is InChI=1S/C26H52N2O2/c1-3-5-7-8-9-10-11-12-13-14-15-16-17-19-23-28-26(30)22-21-25(29)24(27)20-18-6-4-2/h24H,3-23,27H2,1-2H3,(H,28,30). The molecule has 30 heavy (non-hydrogen) atoms. The Hall–Kier alpha value is -0.900. The third-order valence-corrected chi connectivity index (χ3v) is 5.98. The van der Waals surface area contributed by atoms with Crippen LogP contribution < -0.4 is 11.1 Å². The first-order chi connectivity index (χ1) is 14.6. The monoisotopic (exact) mass is 424 g/mol. The maximum atomic E-state index is 11.9. The van der Waals surface area contributed by atoms with Gasteiger partial charge in [0.15, 0.2) is 0 Å². The molecule has 178 valence electrons. The Kier molecular flexibility index (Phi) is 22.1. The summed E-state index contributed by atoms with van der Waals surface area (Å²) >= 11 is 0. The van der Waals surface area contributed by atoms with Gasteiger partial charge in [-0.25, -0.2) is 0 Å². The van der Waals surface area contributed by atoms with E-state index in [1.54, 1.807) is 0 Å². The fourth-order valence-electron chi connectivity index (χ4n) is 3.83. The predicted octanol–water partition coefficient (Wildman–Crippen LogP) is 6.84. The van der Waals surface area contributed by atoms with Gasteiger partial charge in [-0.2, -0.15) is 0 Å². The molecule has 1 unspecified atom stereocenters. The Balaban J connectivity index is 3.34. The maximum absolute atomic E-state index is 11.9. The summed E-state index contributed by atoms with van der Waals surface area (Å²) in [6.45, 7) is 5.14. The molecule has 0 spiro atoms. The number of rotatable bonds is 23. The van der Waals surface area contributed by atoms with Gasteiger partial charge in [0, 0.05) is 19.4 Å². The normalized spacial score (nSPS) is 12.1. The second-order valence-electron chi connectivity index (χ2n) is 9.01. The van der Waals surface area contributed by atoms with Gasteiger partial charge in [0.25, 0.3) is 0 Å². The molecule has 0 heterocycles. The summed E-state index contributed by atoms with van der Waals surface area (Å²) in [4.78, 5) is 23.8. The van der Waals surface area contributed by atoms with E-state index in [9.17, 15) is 9.59 Å². The molecule has 0 bridgehead atoms. The first-order valence-corrected chi connectivity index (χ1v) is 13.2. The van der Waals surface area contributed by atoms with Crippen LogP contribution in [0.1, 0.15) is 142 Å². The molecule has 0 aromatic rings. The second-order valence-corrected chi connectivity index (χ2v) is 9.01. The quantitative estimate of drug-likeness (QED) is 0.176. The summed E-state index contributed by atoms with van der Waals surface area (Å²) in [6.07, 6.45) is 23.3. The summed E-state index contributed by atoms with van der Waals surface area (Å²) in [5.41, 5.74) is 5.90. The number of unbranched alkanes of at least 4 members (excludes halogenated alkanes) is 15. The van der Waals surface area contributed by atoms with Crippen LogP contribution in [0, 0.1) is 0 Å². The van der Waals surface area contributed by atoms with Gasteiger partial charge in [0.1, 0.15) is 5.78 Å². The van der Waals surface area contributed by atoms with Gasteiger partial charge in [0.2, 0.25) is 5.91 Å². The number of nitrogens with two attached hydrogens (primary N) is 1. The topological polar surface area (TPSA) is 72.2 Å². The fraction of sp³-hybridized carbons (Fsp3) is 0.923. The first-order valence-electron chi connectivity index (χ1n) is 13.2. The van der Waals surface area contributed by atoms with Gasteiger partial charge < -0.3 is 11.1 Å². The van der Waals surface area contributed by atoms with E-state index in [0.717, 1.165) is 38.6 Å². The minimum Gasteiger partial charge on any atom is -0.356 e. The van der Waals surface area contributed by atoms with E-state index >= 15 is 0 Å². The SMILES string of the molecule is CCCCCCCCCCCCCCCCNC(=O)CCC(=O)C(N)CCCCC. The molecular weight excluding hydrogens is 372 g/mol. The number of hydrogen-bond acceptors (Lipinski definition) is 3. The summed E-state index contributed by atoms with van der Waals surface area (Å²) in [6, 6.07) is -0.393. The van der Waals surface area contributed by atoms with Crippen LogP contribution in [0.5, 0.6) is 0 Å². The number of Topliss-reactive ketones (excluding diaryl/α,β-unsaturated/α-hetero) is 1. The zero-order valence-corrected chi connectivity index (χ0v) is 20.3. The lowest BCUT2D eigenvalue weighted by Gasteiger charge is -2.10. The lowest BCUT2D eigenvalue weighted by molar-refractivity contribution is -0.126. The molecule has 4 nitrogen and oxygen atoms in total. The third kappa shape index (κ3) is 20.4. The summed E-state index contributed by atoms with van der Waals surface area (Å²) in [5, 5.41) is 2.94. The molecule has 0 fully saturated rings. The number of nitrogens with one attached hydrogen (secondary N) is 1. The van der Waals surface area contributed by atoms with Crippen LogP contribution in [0.4, 0.5) is 0 Å². The molecule has 1 atom stereocenters. The molecule has 0 aliphatic heterocycles. The van der Waals surface area contributed by atoms with Crippen molar-refractivity contribution in [2.45, 2.75) is 148 Å². The number of carbonyl (C=O) groups excluding carboxylic acids is 2. The van der Waals surface area contributed by atoms with E-state index in [4.69, 9.17) is 5.73 Å². The van der Waals surface area contributed by atoms with Gasteiger partial charge in [0.05, 0.1) is 6.04 Å². The molecule has 0 radical (unpaired) electrons. The van der Waals surface area contributed by atoms with Crippen molar-refractivity contribution >= 4 is 11.7 Å². The van der Waals surface area contributed by atoms with Crippen LogP contribution in [0.3, 0.4) is 0 Å². The molecular formula is C26H52N2O2. The lowest BCUT2D eigenvalue weighted by Crippen LogP contribution is -2.32. The third-order valence-electron chi connectivity index (χ3n) is 5.98. The Bertz CT molecular complexity index is 398. The molecule has 0 aliphatic rings. The molecule has 0 rings (SSSR count). The lowest BCUT2D eigenvalue weighted by atomic mass is 10.0. The second kappa shape index (κ2) is 22.8. The van der Waals surface area contributed by atoms with Crippen molar-refractivity contribution in [3.05, 3.63) is 0 Å². The highest BCUT2D eigenvalue weighted by molar-refractivity contribution is 5.88. The fourth-order valence-corrected chi connectivity index (χ4v) is 3.83. The molecule has 0 saturated carbocycles. The Morgan fingerprint density at radius 2 is 1.07 bits per heavy atom. The molecule has 3 N–H and O–H groups in total. The van der Waals surface area contributed by atoms with Crippen LogP contribution in [0.25, 0.3) is 0 Å². The van der Waals surface area contributed by atoms with Crippen molar-refractivity contribution in [2.75, 3.05) is 6.54 Å². The zero-order chi connectivity index (χ0) is 22.3. The highest BCUT2D eigenvalue weighted by Gasteiger charge is 2.14. The molecule has 1 amide bonds. The minimum atomic E-state index is -0.393. The van der Waals surface area contributed by atoms with E-state index < -0.39 is 6.04 Å². The van der Waals surface area contributed by atoms with Crippen molar-refractivity contribution in [1.82, 2.24) is 5.32 Å². The average Bonchev–Trinajstić information content (AvgIpc) is 2.74. The predicted molar refractivity (Wildman–Crippen MR) is 130 cm³/mol. The molecule has 0 aliphatic carbocycles. The first kappa shape index (κ1) is 29.1. The highest BCUT2D eigenvalue weighted by Crippen LogP contribution is 2.13. The number of hydrogen-bond donors (Lipinski definition) is 2. The molecule has 0 saturated heterocycles. The number of ketones is 1. The largest absolute Gasteiger partial charge is 0.356 e. The van der Waals surface area contributed by atoms with Gasteiger partial charge in [-0.1, -0.05) is 117 Å². The molecule has 0 aromatic heterocycles. The van der Waals surface area contributed by atoms with Crippen LogP contribution >= 0.6 is 0 Å². The van der Waals surface area contributed by atoms with Crippen LogP contribution in [0.2, 0.25) is 0 Å². The van der Waals surface area contributed by atoms with Gasteiger partial charge in [-0.3, -0.25) is 9.59 Å². The van der Waals surface area contributed by atoms with Crippen molar-refractivity contribution < 1.29 is 9.59 Å². The minimum absolute atomic E-state index is 0.0150. The Labute approximate surface area is 187 Å². The van der Waals surface area contributed by atoms with Crippen molar-refractivity contribution in [2.24, 2.45) is 5.73 Å². The molecule has 4 heteroatoms. The Morgan fingerprint density at radius 3 is 1.57 bits per heavy atom. The average molecular weight is 425 g/mol. The van der Waals surface area contributed by atoms with E-state index in [0.29, 0.717) is 0 Å². The van der Waals surface area contributed by atoms with Crippen LogP contribution in [-0.4, -0.2) is 24.3 Å². The number of carbonyl (C=O) groups is 2. The van der Waals surface area contributed by atoms with Gasteiger partial charge in [-0.15, -0.1) is 0 Å². The van der Waals surface area contributed by atoms with E-state index in [2.05, 4.69) is 19.2 Å². The molecule has 0 aromatic carbocycles. The van der Waals surface area contributed by atoms with Crippen LogP contribution in [-0.2, 0) is 9.59 Å². The van der Waals surface area contributed by atoms with Crippen LogP contribution in [0.15, 0.2) is 0 Å². The van der Waals surface area contributed by atoms with E-state index in [1.165, 1.54) is 83.5 Å². The van der Waals surface area contributed by atoms with E-state index in [-0.39, 0.29) is 24.5 Å². The van der Waals surface area contributed by atoms with Crippen molar-refractivity contribution in [1.29, 1.82) is 0 Å². The van der Waals surface area contributed by atoms with Crippen molar-refractivity contribution in [3.8, 4) is 0 Å². The van der Waals surface area contributed by atoms with E-state index in [1.807, 2.05) is 0 Å². The van der Waals surface area contributed by atoms with Gasteiger partial charge >= 0.3 is 0 Å². The smallest absolute Gasteiger partial charge is 0.220 e. The maximum Gasteiger partial charge on any atom is 0.220 e. The summed E-state index contributed by atoms with van der Waals surface area (Å²) in [7, 11) is 0. The highest BCUT2D eigenvalue weighted by atomic mass is 16.2. The number of amides is 1. The zero-order valence-electron chi connectivity index (χ0n) is 20.3.